The summed E-state index contributed by atoms with van der Waals surface area (Å²) in [7, 11) is 0. The van der Waals surface area contributed by atoms with Gasteiger partial charge in [0.25, 0.3) is 11.8 Å². The molecule has 2 heterocycles. The van der Waals surface area contributed by atoms with Gasteiger partial charge in [-0.1, -0.05) is 29.4 Å². The fourth-order valence-corrected chi connectivity index (χ4v) is 4.36. The monoisotopic (exact) mass is 432 g/mol. The molecular formula is C23H20N4O3S. The maximum absolute atomic E-state index is 12.7. The van der Waals surface area contributed by atoms with E-state index in [1.165, 1.54) is 0 Å². The molecule has 0 spiro atoms. The molecule has 0 saturated carbocycles. The van der Waals surface area contributed by atoms with Crippen molar-refractivity contribution in [1.29, 1.82) is 0 Å². The van der Waals surface area contributed by atoms with E-state index in [2.05, 4.69) is 34.9 Å². The molecule has 0 radical (unpaired) electrons. The van der Waals surface area contributed by atoms with Gasteiger partial charge >= 0.3 is 0 Å². The second-order valence-electron chi connectivity index (χ2n) is 6.73. The minimum absolute atomic E-state index is 0.110. The number of hydrogen-bond acceptors (Lipinski definition) is 7. The summed E-state index contributed by atoms with van der Waals surface area (Å²) in [5.41, 5.74) is 2.44. The zero-order valence-corrected chi connectivity index (χ0v) is 18.0. The molecule has 31 heavy (non-hydrogen) atoms. The van der Waals surface area contributed by atoms with Gasteiger partial charge in [0, 0.05) is 24.8 Å². The van der Waals surface area contributed by atoms with Gasteiger partial charge in [0.2, 0.25) is 5.13 Å². The molecule has 0 bridgehead atoms. The zero-order chi connectivity index (χ0) is 22.0. The van der Waals surface area contributed by atoms with Crippen LogP contribution in [-0.4, -0.2) is 41.7 Å². The molecule has 0 fully saturated rings. The average molecular weight is 433 g/mol. The molecule has 1 aromatic heterocycles. The van der Waals surface area contributed by atoms with Crippen molar-refractivity contribution >= 4 is 34.0 Å². The summed E-state index contributed by atoms with van der Waals surface area (Å²) in [4.78, 5) is 28.7. The number of anilines is 2. The van der Waals surface area contributed by atoms with Gasteiger partial charge in [-0.25, -0.2) is 4.90 Å². The van der Waals surface area contributed by atoms with Crippen molar-refractivity contribution in [2.45, 2.75) is 13.8 Å². The van der Waals surface area contributed by atoms with Crippen LogP contribution in [0.5, 0.6) is 5.75 Å². The van der Waals surface area contributed by atoms with Crippen LogP contribution < -0.4 is 14.5 Å². The fourth-order valence-electron chi connectivity index (χ4n) is 3.49. The van der Waals surface area contributed by atoms with Gasteiger partial charge in [0.15, 0.2) is 5.01 Å². The Morgan fingerprint density at radius 2 is 1.71 bits per heavy atom. The topological polar surface area (TPSA) is 75.6 Å². The number of amides is 2. The van der Waals surface area contributed by atoms with Crippen LogP contribution in [0.25, 0.3) is 10.6 Å². The Labute approximate surface area is 184 Å². The van der Waals surface area contributed by atoms with Crippen molar-refractivity contribution in [1.82, 2.24) is 10.2 Å². The lowest BCUT2D eigenvalue weighted by atomic mass is 10.1. The van der Waals surface area contributed by atoms with E-state index in [-0.39, 0.29) is 11.7 Å². The molecule has 2 amide bonds. The van der Waals surface area contributed by atoms with Crippen molar-refractivity contribution in [3.05, 3.63) is 53.6 Å². The van der Waals surface area contributed by atoms with Crippen LogP contribution in [0.2, 0.25) is 0 Å². The number of fused-ring (bicyclic) bond motifs is 1. The number of carbonyl (C=O) groups excluding carboxylic acids is 2. The van der Waals surface area contributed by atoms with E-state index in [4.69, 9.17) is 11.2 Å². The Morgan fingerprint density at radius 1 is 1.03 bits per heavy atom. The molecule has 3 aromatic rings. The first kappa shape index (κ1) is 20.6. The summed E-state index contributed by atoms with van der Waals surface area (Å²) in [5, 5.41) is 9.09. The standard InChI is InChI=1S/C23H20N4O3S/c1-4-13-30-19-14-15(26(5-2)6-3)11-12-18(19)20-24-25-23(31-20)27-21(28)16-9-7-8-10-17(16)22(27)29/h1,7-12,14H,5-6,13H2,2-3H3. The first-order valence-electron chi connectivity index (χ1n) is 9.86. The Hall–Kier alpha value is -3.70. The number of benzene rings is 2. The summed E-state index contributed by atoms with van der Waals surface area (Å²) in [6, 6.07) is 12.5. The number of carbonyl (C=O) groups is 2. The van der Waals surface area contributed by atoms with E-state index in [0.717, 1.165) is 35.0 Å². The zero-order valence-electron chi connectivity index (χ0n) is 17.2. The molecule has 0 unspecified atom stereocenters. The molecule has 1 aliphatic heterocycles. The summed E-state index contributed by atoms with van der Waals surface area (Å²) in [6.45, 7) is 5.98. The Morgan fingerprint density at radius 3 is 2.32 bits per heavy atom. The van der Waals surface area contributed by atoms with E-state index < -0.39 is 11.8 Å². The Bertz CT molecular complexity index is 1160. The van der Waals surface area contributed by atoms with E-state index >= 15 is 0 Å². The summed E-state index contributed by atoms with van der Waals surface area (Å²) in [5.74, 6) is 2.26. The van der Waals surface area contributed by atoms with Gasteiger partial charge in [-0.2, -0.15) is 0 Å². The maximum Gasteiger partial charge on any atom is 0.268 e. The first-order chi connectivity index (χ1) is 15.1. The van der Waals surface area contributed by atoms with E-state index in [1.807, 2.05) is 18.2 Å². The first-order valence-corrected chi connectivity index (χ1v) is 10.7. The van der Waals surface area contributed by atoms with E-state index in [0.29, 0.717) is 27.4 Å². The third-order valence-corrected chi connectivity index (χ3v) is 5.98. The number of aromatic nitrogens is 2. The van der Waals surface area contributed by atoms with Crippen LogP contribution in [0.3, 0.4) is 0 Å². The van der Waals surface area contributed by atoms with Crippen LogP contribution in [0.4, 0.5) is 10.8 Å². The lowest BCUT2D eigenvalue weighted by Gasteiger charge is -2.22. The molecule has 1 aliphatic rings. The smallest absolute Gasteiger partial charge is 0.268 e. The second-order valence-corrected chi connectivity index (χ2v) is 7.68. The van der Waals surface area contributed by atoms with Crippen LogP contribution in [0.15, 0.2) is 42.5 Å². The molecule has 8 heteroatoms. The fraction of sp³-hybridized carbons (Fsp3) is 0.217. The summed E-state index contributed by atoms with van der Waals surface area (Å²) < 4.78 is 5.78. The lowest BCUT2D eigenvalue weighted by molar-refractivity contribution is 0.0926. The molecule has 156 valence electrons. The average Bonchev–Trinajstić information content (AvgIpc) is 3.36. The Kier molecular flexibility index (Phi) is 5.69. The number of ether oxygens (including phenoxy) is 1. The van der Waals surface area contributed by atoms with Crippen molar-refractivity contribution in [2.24, 2.45) is 0 Å². The third kappa shape index (κ3) is 3.64. The number of nitrogens with zero attached hydrogens (tertiary/aromatic N) is 4. The number of imide groups is 1. The minimum atomic E-state index is -0.399. The third-order valence-electron chi connectivity index (χ3n) is 5.03. The largest absolute Gasteiger partial charge is 0.480 e. The van der Waals surface area contributed by atoms with Crippen molar-refractivity contribution in [3.63, 3.8) is 0 Å². The van der Waals surface area contributed by atoms with Crippen LogP contribution in [0.1, 0.15) is 34.6 Å². The highest BCUT2D eigenvalue weighted by atomic mass is 32.1. The summed E-state index contributed by atoms with van der Waals surface area (Å²) in [6.07, 6.45) is 5.38. The van der Waals surface area contributed by atoms with Gasteiger partial charge < -0.3 is 9.64 Å². The lowest BCUT2D eigenvalue weighted by Crippen LogP contribution is -2.29. The molecule has 4 rings (SSSR count). The van der Waals surface area contributed by atoms with Crippen LogP contribution in [0, 0.1) is 12.3 Å². The Balaban J connectivity index is 1.70. The normalized spacial score (nSPS) is 12.6. The minimum Gasteiger partial charge on any atom is -0.480 e. The predicted octanol–water partition coefficient (Wildman–Crippen LogP) is 3.86. The molecule has 0 aliphatic carbocycles. The van der Waals surface area contributed by atoms with Crippen molar-refractivity contribution < 1.29 is 14.3 Å². The molecule has 0 N–H and O–H groups in total. The summed E-state index contributed by atoms with van der Waals surface area (Å²) >= 11 is 1.15. The molecule has 2 aromatic carbocycles. The molecular weight excluding hydrogens is 412 g/mol. The number of rotatable bonds is 7. The van der Waals surface area contributed by atoms with Crippen molar-refractivity contribution in [3.8, 4) is 28.7 Å². The quantitative estimate of drug-likeness (QED) is 0.417. The van der Waals surface area contributed by atoms with Crippen molar-refractivity contribution in [2.75, 3.05) is 29.5 Å². The maximum atomic E-state index is 12.7. The SMILES string of the molecule is C#CCOc1cc(N(CC)CC)ccc1-c1nnc(N2C(=O)c3ccccc3C2=O)s1. The highest BCUT2D eigenvalue weighted by Crippen LogP contribution is 2.39. The van der Waals surface area contributed by atoms with Gasteiger partial charge in [-0.15, -0.1) is 16.6 Å². The highest BCUT2D eigenvalue weighted by Gasteiger charge is 2.38. The predicted molar refractivity (Wildman–Crippen MR) is 121 cm³/mol. The van der Waals surface area contributed by atoms with Gasteiger partial charge in [-0.3, -0.25) is 9.59 Å². The van der Waals surface area contributed by atoms with Crippen LogP contribution >= 0.6 is 11.3 Å². The van der Waals surface area contributed by atoms with Crippen LogP contribution in [-0.2, 0) is 0 Å². The van der Waals surface area contributed by atoms with E-state index in [1.54, 1.807) is 24.3 Å². The van der Waals surface area contributed by atoms with Gasteiger partial charge in [0.05, 0.1) is 16.7 Å². The molecule has 7 nitrogen and oxygen atoms in total. The van der Waals surface area contributed by atoms with Gasteiger partial charge in [0.1, 0.15) is 12.4 Å². The van der Waals surface area contributed by atoms with Gasteiger partial charge in [-0.05, 0) is 38.1 Å². The molecule has 0 atom stereocenters. The number of hydrogen-bond donors (Lipinski definition) is 0. The molecule has 0 saturated heterocycles. The second kappa shape index (κ2) is 8.58. The highest BCUT2D eigenvalue weighted by molar-refractivity contribution is 7.19. The number of terminal acetylenes is 1. The van der Waals surface area contributed by atoms with E-state index in [9.17, 15) is 9.59 Å².